The molecule has 0 heterocycles. The Bertz CT molecular complexity index is 1300. The summed E-state index contributed by atoms with van der Waals surface area (Å²) in [4.78, 5) is 38.4. The number of esters is 3. The molecule has 0 aliphatic heterocycles. The molecule has 0 radical (unpaired) electrons. The smallest absolute Gasteiger partial charge is 0.306 e. The summed E-state index contributed by atoms with van der Waals surface area (Å²) in [5.74, 6) is -0.844. The van der Waals surface area contributed by atoms with E-state index in [0.29, 0.717) is 19.3 Å². The molecule has 0 saturated carbocycles. The van der Waals surface area contributed by atoms with Crippen LogP contribution >= 0.6 is 0 Å². The maximum atomic E-state index is 12.9. The van der Waals surface area contributed by atoms with Crippen LogP contribution in [0, 0.1) is 0 Å². The summed E-state index contributed by atoms with van der Waals surface area (Å²) in [6.07, 6.45) is 83.1. The van der Waals surface area contributed by atoms with Crippen LogP contribution in [0.2, 0.25) is 0 Å². The van der Waals surface area contributed by atoms with Gasteiger partial charge in [0.25, 0.3) is 0 Å². The average Bonchev–Trinajstić information content (AvgIpc) is 3.44. The van der Waals surface area contributed by atoms with Crippen molar-refractivity contribution in [3.63, 3.8) is 0 Å². The van der Waals surface area contributed by atoms with Crippen molar-refractivity contribution >= 4 is 17.9 Å². The van der Waals surface area contributed by atoms with Crippen molar-refractivity contribution in [3.05, 3.63) is 36.5 Å². The van der Waals surface area contributed by atoms with E-state index in [1.165, 1.54) is 283 Å². The minimum Gasteiger partial charge on any atom is -0.462 e. The number of hydrogen-bond donors (Lipinski definition) is 0. The molecule has 0 bridgehead atoms. The molecule has 0 aliphatic carbocycles. The molecule has 78 heavy (non-hydrogen) atoms. The normalized spacial score (nSPS) is 12.2. The van der Waals surface area contributed by atoms with E-state index in [-0.39, 0.29) is 31.1 Å². The number of hydrogen-bond acceptors (Lipinski definition) is 6. The van der Waals surface area contributed by atoms with Gasteiger partial charge in [-0.3, -0.25) is 14.4 Å². The first kappa shape index (κ1) is 75.6. The van der Waals surface area contributed by atoms with Crippen LogP contribution < -0.4 is 0 Å². The van der Waals surface area contributed by atoms with Crippen LogP contribution in [0.15, 0.2) is 36.5 Å². The molecule has 0 aliphatic rings. The summed E-state index contributed by atoms with van der Waals surface area (Å²) in [7, 11) is 0. The van der Waals surface area contributed by atoms with Gasteiger partial charge in [0.15, 0.2) is 6.10 Å². The minimum atomic E-state index is -0.773. The molecule has 1 unspecified atom stereocenters. The van der Waals surface area contributed by atoms with Crippen LogP contribution in [0.1, 0.15) is 387 Å². The Balaban J connectivity index is 4.28. The summed E-state index contributed by atoms with van der Waals surface area (Å²) in [5.41, 5.74) is 0. The zero-order chi connectivity index (χ0) is 56.4. The van der Waals surface area contributed by atoms with Crippen molar-refractivity contribution in [2.45, 2.75) is 393 Å². The second-order valence-corrected chi connectivity index (χ2v) is 23.8. The van der Waals surface area contributed by atoms with Crippen LogP contribution in [0.3, 0.4) is 0 Å². The SMILES string of the molecule is CCCCC/C=C\C/C=C\CCCCCCCCCCCC(=O)OC(COC(=O)CCCCCCCCCCCCCCC/C=C\CCCCCCCCCC)COC(=O)CCCCCCCCCCCCCCCCCC. The molecule has 458 valence electrons. The van der Waals surface area contributed by atoms with Crippen molar-refractivity contribution in [1.29, 1.82) is 0 Å². The molecule has 0 aromatic carbocycles. The van der Waals surface area contributed by atoms with Crippen LogP contribution in [0.5, 0.6) is 0 Å². The number of allylic oxidation sites excluding steroid dienone is 6. The number of ether oxygens (including phenoxy) is 3. The molecule has 0 aromatic heterocycles. The molecule has 0 saturated heterocycles. The lowest BCUT2D eigenvalue weighted by Gasteiger charge is -2.18. The maximum absolute atomic E-state index is 12.9. The molecule has 0 N–H and O–H groups in total. The van der Waals surface area contributed by atoms with Gasteiger partial charge in [-0.2, -0.15) is 0 Å². The van der Waals surface area contributed by atoms with Crippen molar-refractivity contribution in [2.75, 3.05) is 13.2 Å². The van der Waals surface area contributed by atoms with Gasteiger partial charge in [0.05, 0.1) is 0 Å². The molecule has 6 nitrogen and oxygen atoms in total. The van der Waals surface area contributed by atoms with Crippen LogP contribution in [-0.2, 0) is 28.6 Å². The lowest BCUT2D eigenvalue weighted by Crippen LogP contribution is -2.30. The Hall–Kier alpha value is -2.37. The minimum absolute atomic E-state index is 0.0686. The lowest BCUT2D eigenvalue weighted by atomic mass is 10.0. The Morgan fingerprint density at radius 1 is 0.256 bits per heavy atom. The van der Waals surface area contributed by atoms with Crippen LogP contribution in [0.25, 0.3) is 0 Å². The predicted molar refractivity (Wildman–Crippen MR) is 339 cm³/mol. The lowest BCUT2D eigenvalue weighted by molar-refractivity contribution is -0.167. The molecule has 1 atom stereocenters. The van der Waals surface area contributed by atoms with Crippen molar-refractivity contribution < 1.29 is 28.6 Å². The van der Waals surface area contributed by atoms with Crippen molar-refractivity contribution in [2.24, 2.45) is 0 Å². The Morgan fingerprint density at radius 3 is 0.744 bits per heavy atom. The molecule has 0 aromatic rings. The highest BCUT2D eigenvalue weighted by Gasteiger charge is 2.19. The van der Waals surface area contributed by atoms with E-state index in [9.17, 15) is 14.4 Å². The maximum Gasteiger partial charge on any atom is 0.306 e. The second kappa shape index (κ2) is 67.1. The monoisotopic (exact) mass is 1100 g/mol. The summed E-state index contributed by atoms with van der Waals surface area (Å²) in [6.45, 7) is 6.69. The Morgan fingerprint density at radius 2 is 0.462 bits per heavy atom. The van der Waals surface area contributed by atoms with Gasteiger partial charge in [0.2, 0.25) is 0 Å². The third kappa shape index (κ3) is 64.5. The molecular formula is C72H134O6. The summed E-state index contributed by atoms with van der Waals surface area (Å²) in [5, 5.41) is 0. The zero-order valence-electron chi connectivity index (χ0n) is 52.7. The van der Waals surface area contributed by atoms with Gasteiger partial charge in [0, 0.05) is 19.3 Å². The molecule has 0 fully saturated rings. The predicted octanol–water partition coefficient (Wildman–Crippen LogP) is 23.9. The quantitative estimate of drug-likeness (QED) is 0.0261. The standard InChI is InChI=1S/C72H134O6/c1-4-7-10-13-16-19-22-25-28-31-33-34-35-36-37-38-40-41-44-47-50-53-56-59-62-65-71(74)77-68-69(67-76-70(73)64-61-58-55-52-49-46-43-30-27-24-21-18-15-12-9-6-3)78-72(75)66-63-60-57-54-51-48-45-42-39-32-29-26-23-20-17-14-11-8-5-2/h17,20,26,29,31,33,69H,4-16,18-19,21-25,27-28,30,32,34-68H2,1-3H3/b20-17-,29-26-,33-31-. The summed E-state index contributed by atoms with van der Waals surface area (Å²) < 4.78 is 17.0. The van der Waals surface area contributed by atoms with E-state index in [1.54, 1.807) is 0 Å². The first-order valence-electron chi connectivity index (χ1n) is 35.0. The number of unbranched alkanes of at least 4 members (excludes halogenated alkanes) is 48. The fourth-order valence-electron chi connectivity index (χ4n) is 10.6. The van der Waals surface area contributed by atoms with E-state index in [1.807, 2.05) is 0 Å². The van der Waals surface area contributed by atoms with Crippen LogP contribution in [-0.4, -0.2) is 37.2 Å². The first-order chi connectivity index (χ1) is 38.5. The summed E-state index contributed by atoms with van der Waals surface area (Å²) >= 11 is 0. The number of carbonyl (C=O) groups excluding carboxylic acids is 3. The molecule has 0 rings (SSSR count). The van der Waals surface area contributed by atoms with Gasteiger partial charge < -0.3 is 14.2 Å². The fraction of sp³-hybridized carbons (Fsp3) is 0.875. The van der Waals surface area contributed by atoms with E-state index < -0.39 is 6.10 Å². The third-order valence-electron chi connectivity index (χ3n) is 15.9. The van der Waals surface area contributed by atoms with Gasteiger partial charge in [-0.05, 0) is 77.0 Å². The summed E-state index contributed by atoms with van der Waals surface area (Å²) in [6, 6.07) is 0. The second-order valence-electron chi connectivity index (χ2n) is 23.8. The number of carbonyl (C=O) groups is 3. The van der Waals surface area contributed by atoms with Gasteiger partial charge in [0.1, 0.15) is 13.2 Å². The highest BCUT2D eigenvalue weighted by Crippen LogP contribution is 2.18. The fourth-order valence-corrected chi connectivity index (χ4v) is 10.6. The zero-order valence-corrected chi connectivity index (χ0v) is 52.7. The highest BCUT2D eigenvalue weighted by atomic mass is 16.6. The van der Waals surface area contributed by atoms with Gasteiger partial charge in [-0.25, -0.2) is 0 Å². The van der Waals surface area contributed by atoms with Crippen molar-refractivity contribution in [1.82, 2.24) is 0 Å². The van der Waals surface area contributed by atoms with Crippen LogP contribution in [0.4, 0.5) is 0 Å². The van der Waals surface area contributed by atoms with Gasteiger partial charge in [-0.1, -0.05) is 327 Å². The molecule has 6 heteroatoms. The van der Waals surface area contributed by atoms with E-state index >= 15 is 0 Å². The topological polar surface area (TPSA) is 78.9 Å². The number of rotatable bonds is 65. The van der Waals surface area contributed by atoms with E-state index in [0.717, 1.165) is 64.2 Å². The molecule has 0 amide bonds. The van der Waals surface area contributed by atoms with E-state index in [2.05, 4.69) is 57.2 Å². The first-order valence-corrected chi connectivity index (χ1v) is 35.0. The molecule has 0 spiro atoms. The third-order valence-corrected chi connectivity index (χ3v) is 15.9. The van der Waals surface area contributed by atoms with Gasteiger partial charge >= 0.3 is 17.9 Å². The highest BCUT2D eigenvalue weighted by molar-refractivity contribution is 5.71. The largest absolute Gasteiger partial charge is 0.462 e. The molecular weight excluding hydrogens is 961 g/mol. The Labute approximate surface area is 486 Å². The average molecular weight is 1100 g/mol. The van der Waals surface area contributed by atoms with Gasteiger partial charge in [-0.15, -0.1) is 0 Å². The van der Waals surface area contributed by atoms with E-state index in [4.69, 9.17) is 14.2 Å². The Kier molecular flexibility index (Phi) is 65.1. The van der Waals surface area contributed by atoms with Crippen molar-refractivity contribution in [3.8, 4) is 0 Å².